The molecular formula is C12H6BrNO2S. The van der Waals surface area contributed by atoms with E-state index in [4.69, 9.17) is 10.4 Å². The van der Waals surface area contributed by atoms with E-state index in [2.05, 4.69) is 22.0 Å². The molecular weight excluding hydrogens is 302 g/mol. The molecule has 2 aromatic rings. The minimum atomic E-state index is -0.976. The molecule has 0 spiro atoms. The van der Waals surface area contributed by atoms with E-state index in [0.29, 0.717) is 9.35 Å². The van der Waals surface area contributed by atoms with Gasteiger partial charge in [0.1, 0.15) is 10.9 Å². The van der Waals surface area contributed by atoms with E-state index >= 15 is 0 Å². The van der Waals surface area contributed by atoms with E-state index < -0.39 is 5.97 Å². The van der Waals surface area contributed by atoms with Gasteiger partial charge in [0, 0.05) is 9.35 Å². The van der Waals surface area contributed by atoms with Crippen LogP contribution in [0, 0.1) is 11.3 Å². The molecule has 0 bridgehead atoms. The summed E-state index contributed by atoms with van der Waals surface area (Å²) in [5.74, 6) is -0.976. The van der Waals surface area contributed by atoms with Crippen molar-refractivity contribution in [2.24, 2.45) is 0 Å². The molecule has 0 saturated heterocycles. The fourth-order valence-corrected chi connectivity index (χ4v) is 2.61. The van der Waals surface area contributed by atoms with Gasteiger partial charge in [0.15, 0.2) is 0 Å². The third kappa shape index (κ3) is 2.38. The standard InChI is InChI=1S/C12H6BrNO2S/c13-10-3-1-7(5-9(10)12(15)16)11-4-2-8(6-14)17-11/h1-5H,(H,15,16). The lowest BCUT2D eigenvalue weighted by atomic mass is 10.1. The second kappa shape index (κ2) is 4.70. The van der Waals surface area contributed by atoms with Crippen molar-refractivity contribution in [2.75, 3.05) is 0 Å². The predicted octanol–water partition coefficient (Wildman–Crippen LogP) is 3.75. The van der Waals surface area contributed by atoms with Crippen LogP contribution in [-0.2, 0) is 0 Å². The average molecular weight is 308 g/mol. The number of carboxylic acids is 1. The van der Waals surface area contributed by atoms with Gasteiger partial charge in [-0.15, -0.1) is 11.3 Å². The van der Waals surface area contributed by atoms with Gasteiger partial charge in [-0.25, -0.2) is 4.79 Å². The maximum Gasteiger partial charge on any atom is 0.336 e. The van der Waals surface area contributed by atoms with Crippen LogP contribution in [0.1, 0.15) is 15.2 Å². The second-order valence-electron chi connectivity index (χ2n) is 3.28. The number of aromatic carboxylic acids is 1. The smallest absolute Gasteiger partial charge is 0.336 e. The van der Waals surface area contributed by atoms with Crippen LogP contribution >= 0.6 is 27.3 Å². The number of carbonyl (C=O) groups is 1. The number of thiophene rings is 1. The Morgan fingerprint density at radius 1 is 1.35 bits per heavy atom. The van der Waals surface area contributed by atoms with Crippen LogP contribution < -0.4 is 0 Å². The van der Waals surface area contributed by atoms with Crippen molar-refractivity contribution >= 4 is 33.2 Å². The topological polar surface area (TPSA) is 61.1 Å². The number of carboxylic acid groups (broad SMARTS) is 1. The Kier molecular flexibility index (Phi) is 3.27. The lowest BCUT2D eigenvalue weighted by molar-refractivity contribution is 0.0696. The van der Waals surface area contributed by atoms with Crippen molar-refractivity contribution < 1.29 is 9.90 Å². The Morgan fingerprint density at radius 3 is 2.71 bits per heavy atom. The zero-order chi connectivity index (χ0) is 12.4. The number of benzene rings is 1. The van der Waals surface area contributed by atoms with Gasteiger partial charge >= 0.3 is 5.97 Å². The third-order valence-corrected chi connectivity index (χ3v) is 3.93. The lowest BCUT2D eigenvalue weighted by Crippen LogP contribution is -1.97. The Hall–Kier alpha value is -1.64. The Morgan fingerprint density at radius 2 is 2.12 bits per heavy atom. The lowest BCUT2D eigenvalue weighted by Gasteiger charge is -2.02. The summed E-state index contributed by atoms with van der Waals surface area (Å²) in [6, 6.07) is 10.7. The number of hydrogen-bond acceptors (Lipinski definition) is 3. The van der Waals surface area contributed by atoms with E-state index in [9.17, 15) is 4.79 Å². The first kappa shape index (κ1) is 11.8. The summed E-state index contributed by atoms with van der Waals surface area (Å²) in [5, 5.41) is 17.8. The maximum atomic E-state index is 11.0. The highest BCUT2D eigenvalue weighted by molar-refractivity contribution is 9.10. The number of halogens is 1. The van der Waals surface area contributed by atoms with E-state index in [1.54, 1.807) is 18.2 Å². The summed E-state index contributed by atoms with van der Waals surface area (Å²) in [6.07, 6.45) is 0. The molecule has 0 radical (unpaired) electrons. The van der Waals surface area contributed by atoms with Crippen molar-refractivity contribution in [3.05, 3.63) is 45.2 Å². The van der Waals surface area contributed by atoms with E-state index in [1.165, 1.54) is 11.3 Å². The molecule has 0 aliphatic carbocycles. The zero-order valence-corrected chi connectivity index (χ0v) is 10.9. The molecule has 0 atom stereocenters. The Balaban J connectivity index is 2.50. The molecule has 5 heteroatoms. The van der Waals surface area contributed by atoms with E-state index in [1.807, 2.05) is 12.1 Å². The first-order valence-corrected chi connectivity index (χ1v) is 6.26. The van der Waals surface area contributed by atoms with Crippen molar-refractivity contribution in [1.82, 2.24) is 0 Å². The van der Waals surface area contributed by atoms with Crippen molar-refractivity contribution in [1.29, 1.82) is 5.26 Å². The Bertz CT molecular complexity index is 628. The van der Waals surface area contributed by atoms with Gasteiger partial charge < -0.3 is 5.11 Å². The summed E-state index contributed by atoms with van der Waals surface area (Å²) >= 11 is 4.54. The van der Waals surface area contributed by atoms with Crippen LogP contribution in [0.4, 0.5) is 0 Å². The molecule has 1 heterocycles. The van der Waals surface area contributed by atoms with Gasteiger partial charge in [0.2, 0.25) is 0 Å². The molecule has 84 valence electrons. The van der Waals surface area contributed by atoms with Gasteiger partial charge in [-0.3, -0.25) is 0 Å². The number of rotatable bonds is 2. The molecule has 3 nitrogen and oxygen atoms in total. The maximum absolute atomic E-state index is 11.0. The SMILES string of the molecule is N#Cc1ccc(-c2ccc(Br)c(C(=O)O)c2)s1. The highest BCUT2D eigenvalue weighted by Crippen LogP contribution is 2.30. The largest absolute Gasteiger partial charge is 0.478 e. The quantitative estimate of drug-likeness (QED) is 0.919. The van der Waals surface area contributed by atoms with Crippen LogP contribution in [0.5, 0.6) is 0 Å². The predicted molar refractivity (Wildman–Crippen MR) is 69.1 cm³/mol. The molecule has 1 aromatic carbocycles. The first-order valence-electron chi connectivity index (χ1n) is 4.65. The van der Waals surface area contributed by atoms with Crippen molar-refractivity contribution in [2.45, 2.75) is 0 Å². The van der Waals surface area contributed by atoms with E-state index in [-0.39, 0.29) is 5.56 Å². The minimum absolute atomic E-state index is 0.217. The molecule has 0 unspecified atom stereocenters. The molecule has 1 aromatic heterocycles. The number of nitriles is 1. The third-order valence-electron chi connectivity index (χ3n) is 2.20. The number of hydrogen-bond donors (Lipinski definition) is 1. The summed E-state index contributed by atoms with van der Waals surface area (Å²) in [4.78, 5) is 12.5. The van der Waals surface area contributed by atoms with Crippen molar-refractivity contribution in [3.63, 3.8) is 0 Å². The van der Waals surface area contributed by atoms with Gasteiger partial charge in [-0.1, -0.05) is 6.07 Å². The van der Waals surface area contributed by atoms with Gasteiger partial charge in [0.05, 0.1) is 5.56 Å². The highest BCUT2D eigenvalue weighted by atomic mass is 79.9. The van der Waals surface area contributed by atoms with Gasteiger partial charge in [-0.2, -0.15) is 5.26 Å². The van der Waals surface area contributed by atoms with Crippen LogP contribution in [0.15, 0.2) is 34.8 Å². The fourth-order valence-electron chi connectivity index (χ4n) is 1.40. The van der Waals surface area contributed by atoms with Crippen molar-refractivity contribution in [3.8, 4) is 16.5 Å². The van der Waals surface area contributed by atoms with E-state index in [0.717, 1.165) is 10.4 Å². The van der Waals surface area contributed by atoms with Crippen LogP contribution in [0.25, 0.3) is 10.4 Å². The van der Waals surface area contributed by atoms with Gasteiger partial charge in [0.25, 0.3) is 0 Å². The number of nitrogens with zero attached hydrogens (tertiary/aromatic N) is 1. The first-order chi connectivity index (χ1) is 8.11. The molecule has 0 fully saturated rings. The summed E-state index contributed by atoms with van der Waals surface area (Å²) in [7, 11) is 0. The summed E-state index contributed by atoms with van der Waals surface area (Å²) in [6.45, 7) is 0. The second-order valence-corrected chi connectivity index (χ2v) is 5.21. The monoisotopic (exact) mass is 307 g/mol. The normalized spacial score (nSPS) is 9.88. The molecule has 0 saturated carbocycles. The molecule has 1 N–H and O–H groups in total. The minimum Gasteiger partial charge on any atom is -0.478 e. The van der Waals surface area contributed by atoms with Crippen LogP contribution in [-0.4, -0.2) is 11.1 Å². The van der Waals surface area contributed by atoms with Crippen LogP contribution in [0.3, 0.4) is 0 Å². The molecule has 0 aliphatic heterocycles. The molecule has 0 aliphatic rings. The van der Waals surface area contributed by atoms with Gasteiger partial charge in [-0.05, 0) is 45.8 Å². The summed E-state index contributed by atoms with van der Waals surface area (Å²) in [5.41, 5.74) is 1.02. The van der Waals surface area contributed by atoms with Crippen LogP contribution in [0.2, 0.25) is 0 Å². The Labute approximate surface area is 110 Å². The zero-order valence-electron chi connectivity index (χ0n) is 8.48. The average Bonchev–Trinajstić information content (AvgIpc) is 2.78. The highest BCUT2D eigenvalue weighted by Gasteiger charge is 2.11. The molecule has 17 heavy (non-hydrogen) atoms. The summed E-state index contributed by atoms with van der Waals surface area (Å²) < 4.78 is 0.547. The fraction of sp³-hybridized carbons (Fsp3) is 0. The molecule has 2 rings (SSSR count). The molecule has 0 amide bonds.